The molecule has 0 aliphatic carbocycles. The Morgan fingerprint density at radius 3 is 2.81 bits per heavy atom. The molecule has 1 aliphatic heterocycles. The summed E-state index contributed by atoms with van der Waals surface area (Å²) in [5.74, 6) is 0.894. The van der Waals surface area contributed by atoms with Crippen molar-refractivity contribution in [3.8, 4) is 0 Å². The minimum Gasteiger partial charge on any atom is -0.345 e. The highest BCUT2D eigenvalue weighted by Crippen LogP contribution is 2.15. The standard InChI is InChI=1S/C16H28N4O/c1-13-10-14(2)20(17-13)8-5-6-16(21)19(4)12-15-7-9-18(3)11-15/h10,15H,5-9,11-12H2,1-4H3. The second-order valence-electron chi connectivity index (χ2n) is 6.45. The van der Waals surface area contributed by atoms with Gasteiger partial charge < -0.3 is 9.80 Å². The molecule has 1 aromatic heterocycles. The first-order valence-corrected chi connectivity index (χ1v) is 7.89. The molecule has 1 fully saturated rings. The Labute approximate surface area is 127 Å². The lowest BCUT2D eigenvalue weighted by Gasteiger charge is -2.21. The molecule has 1 amide bonds. The van der Waals surface area contributed by atoms with Crippen LogP contribution < -0.4 is 0 Å². The first kappa shape index (κ1) is 16.0. The van der Waals surface area contributed by atoms with Gasteiger partial charge in [-0.2, -0.15) is 5.10 Å². The summed E-state index contributed by atoms with van der Waals surface area (Å²) in [6.45, 7) is 8.05. The highest BCUT2D eigenvalue weighted by Gasteiger charge is 2.22. The van der Waals surface area contributed by atoms with Crippen molar-refractivity contribution in [2.75, 3.05) is 33.7 Å². The largest absolute Gasteiger partial charge is 0.345 e. The van der Waals surface area contributed by atoms with E-state index < -0.39 is 0 Å². The molecule has 0 aromatic carbocycles. The van der Waals surface area contributed by atoms with Crippen LogP contribution in [0.15, 0.2) is 6.07 Å². The van der Waals surface area contributed by atoms with Crippen LogP contribution in [0, 0.1) is 19.8 Å². The van der Waals surface area contributed by atoms with E-state index in [4.69, 9.17) is 0 Å². The van der Waals surface area contributed by atoms with Crippen molar-refractivity contribution >= 4 is 5.91 Å². The Kier molecular flexibility index (Phi) is 5.39. The average Bonchev–Trinajstić information content (AvgIpc) is 2.95. The first-order valence-electron chi connectivity index (χ1n) is 7.89. The van der Waals surface area contributed by atoms with Crippen LogP contribution in [0.25, 0.3) is 0 Å². The number of hydrogen-bond acceptors (Lipinski definition) is 3. The zero-order valence-corrected chi connectivity index (χ0v) is 13.8. The molecule has 5 heteroatoms. The van der Waals surface area contributed by atoms with Crippen molar-refractivity contribution < 1.29 is 4.79 Å². The molecular weight excluding hydrogens is 264 g/mol. The number of aromatic nitrogens is 2. The Bertz CT molecular complexity index is 483. The molecule has 1 aliphatic rings. The van der Waals surface area contributed by atoms with Crippen LogP contribution >= 0.6 is 0 Å². The Morgan fingerprint density at radius 2 is 2.24 bits per heavy atom. The number of amides is 1. The van der Waals surface area contributed by atoms with Crippen molar-refractivity contribution in [1.29, 1.82) is 0 Å². The topological polar surface area (TPSA) is 41.4 Å². The van der Waals surface area contributed by atoms with E-state index in [0.717, 1.165) is 38.3 Å². The van der Waals surface area contributed by atoms with Gasteiger partial charge in [0.15, 0.2) is 0 Å². The molecule has 21 heavy (non-hydrogen) atoms. The van der Waals surface area contributed by atoms with Crippen LogP contribution in [0.1, 0.15) is 30.7 Å². The summed E-state index contributed by atoms with van der Waals surface area (Å²) in [7, 11) is 4.08. The molecule has 5 nitrogen and oxygen atoms in total. The van der Waals surface area contributed by atoms with Crippen LogP contribution in [-0.2, 0) is 11.3 Å². The van der Waals surface area contributed by atoms with Gasteiger partial charge in [-0.25, -0.2) is 0 Å². The molecule has 0 N–H and O–H groups in total. The van der Waals surface area contributed by atoms with Gasteiger partial charge in [-0.05, 0) is 52.3 Å². The van der Waals surface area contributed by atoms with Gasteiger partial charge in [0, 0.05) is 38.8 Å². The Hall–Kier alpha value is -1.36. The fourth-order valence-corrected chi connectivity index (χ4v) is 3.14. The Morgan fingerprint density at radius 1 is 1.48 bits per heavy atom. The fourth-order valence-electron chi connectivity index (χ4n) is 3.14. The van der Waals surface area contributed by atoms with E-state index in [1.165, 1.54) is 12.1 Å². The number of rotatable bonds is 6. The number of hydrogen-bond donors (Lipinski definition) is 0. The fraction of sp³-hybridized carbons (Fsp3) is 0.750. The zero-order valence-electron chi connectivity index (χ0n) is 13.8. The van der Waals surface area contributed by atoms with Crippen molar-refractivity contribution in [2.24, 2.45) is 5.92 Å². The molecule has 2 rings (SSSR count). The minimum atomic E-state index is 0.256. The van der Waals surface area contributed by atoms with E-state index in [2.05, 4.69) is 30.0 Å². The molecule has 2 heterocycles. The summed E-state index contributed by atoms with van der Waals surface area (Å²) in [6, 6.07) is 2.07. The molecule has 0 bridgehead atoms. The van der Waals surface area contributed by atoms with E-state index in [0.29, 0.717) is 12.3 Å². The summed E-state index contributed by atoms with van der Waals surface area (Å²) in [5.41, 5.74) is 2.21. The summed E-state index contributed by atoms with van der Waals surface area (Å²) in [5, 5.41) is 4.43. The minimum absolute atomic E-state index is 0.256. The third-order valence-electron chi connectivity index (χ3n) is 4.31. The maximum atomic E-state index is 12.2. The molecule has 1 unspecified atom stereocenters. The monoisotopic (exact) mass is 292 g/mol. The van der Waals surface area contributed by atoms with Gasteiger partial charge in [0.05, 0.1) is 5.69 Å². The highest BCUT2D eigenvalue weighted by molar-refractivity contribution is 5.75. The van der Waals surface area contributed by atoms with Crippen LogP contribution in [0.5, 0.6) is 0 Å². The molecule has 0 radical (unpaired) electrons. The molecule has 1 atom stereocenters. The lowest BCUT2D eigenvalue weighted by molar-refractivity contribution is -0.130. The summed E-state index contributed by atoms with van der Waals surface area (Å²) in [6.07, 6.45) is 2.67. The van der Waals surface area contributed by atoms with Crippen LogP contribution in [0.2, 0.25) is 0 Å². The van der Waals surface area contributed by atoms with Gasteiger partial charge >= 0.3 is 0 Å². The molecule has 0 spiro atoms. The number of nitrogens with zero attached hydrogens (tertiary/aromatic N) is 4. The molecule has 1 saturated heterocycles. The van der Waals surface area contributed by atoms with Gasteiger partial charge in [0.2, 0.25) is 5.91 Å². The quantitative estimate of drug-likeness (QED) is 0.801. The maximum Gasteiger partial charge on any atom is 0.222 e. The smallest absolute Gasteiger partial charge is 0.222 e. The van der Waals surface area contributed by atoms with Crippen molar-refractivity contribution in [3.63, 3.8) is 0 Å². The lowest BCUT2D eigenvalue weighted by atomic mass is 10.1. The van der Waals surface area contributed by atoms with E-state index >= 15 is 0 Å². The van der Waals surface area contributed by atoms with Gasteiger partial charge in [-0.3, -0.25) is 9.48 Å². The number of likely N-dealkylation sites (tertiary alicyclic amines) is 1. The summed E-state index contributed by atoms with van der Waals surface area (Å²) in [4.78, 5) is 16.4. The summed E-state index contributed by atoms with van der Waals surface area (Å²) < 4.78 is 1.99. The second kappa shape index (κ2) is 7.07. The summed E-state index contributed by atoms with van der Waals surface area (Å²) >= 11 is 0. The van der Waals surface area contributed by atoms with Gasteiger partial charge in [0.25, 0.3) is 0 Å². The predicted molar refractivity (Wildman–Crippen MR) is 84.2 cm³/mol. The van der Waals surface area contributed by atoms with Crippen molar-refractivity contribution in [1.82, 2.24) is 19.6 Å². The first-order chi connectivity index (χ1) is 9.95. The van der Waals surface area contributed by atoms with Crippen molar-refractivity contribution in [3.05, 3.63) is 17.5 Å². The van der Waals surface area contributed by atoms with Gasteiger partial charge in [-0.1, -0.05) is 0 Å². The highest BCUT2D eigenvalue weighted by atomic mass is 16.2. The maximum absolute atomic E-state index is 12.2. The van der Waals surface area contributed by atoms with Crippen LogP contribution in [-0.4, -0.2) is 59.2 Å². The Balaban J connectivity index is 1.70. The van der Waals surface area contributed by atoms with Gasteiger partial charge in [-0.15, -0.1) is 0 Å². The SMILES string of the molecule is Cc1cc(C)n(CCCC(=O)N(C)CC2CCN(C)C2)n1. The van der Waals surface area contributed by atoms with E-state index in [-0.39, 0.29) is 5.91 Å². The van der Waals surface area contributed by atoms with Crippen LogP contribution in [0.4, 0.5) is 0 Å². The second-order valence-corrected chi connectivity index (χ2v) is 6.45. The third kappa shape index (κ3) is 4.56. The number of carbonyl (C=O) groups is 1. The molecule has 1 aromatic rings. The normalized spacial score (nSPS) is 19.1. The molecular formula is C16H28N4O. The zero-order chi connectivity index (χ0) is 15.4. The molecule has 118 valence electrons. The number of aryl methyl sites for hydroxylation is 3. The third-order valence-corrected chi connectivity index (χ3v) is 4.31. The van der Waals surface area contributed by atoms with E-state index in [1.54, 1.807) is 0 Å². The van der Waals surface area contributed by atoms with E-state index in [1.807, 2.05) is 23.6 Å². The predicted octanol–water partition coefficient (Wildman–Crippen LogP) is 1.69. The average molecular weight is 292 g/mol. The molecule has 0 saturated carbocycles. The lowest BCUT2D eigenvalue weighted by Crippen LogP contribution is -2.32. The van der Waals surface area contributed by atoms with Crippen molar-refractivity contribution in [2.45, 2.75) is 39.7 Å². The number of carbonyl (C=O) groups excluding carboxylic acids is 1. The van der Waals surface area contributed by atoms with Gasteiger partial charge in [0.1, 0.15) is 0 Å². The van der Waals surface area contributed by atoms with E-state index in [9.17, 15) is 4.79 Å². The van der Waals surface area contributed by atoms with Crippen LogP contribution in [0.3, 0.4) is 0 Å².